The van der Waals surface area contributed by atoms with E-state index in [4.69, 9.17) is 11.6 Å². The van der Waals surface area contributed by atoms with Gasteiger partial charge in [-0.3, -0.25) is 0 Å². The second-order valence-electron chi connectivity index (χ2n) is 4.47. The van der Waals surface area contributed by atoms with Crippen LogP contribution >= 0.6 is 11.6 Å². The number of alkyl halides is 1. The summed E-state index contributed by atoms with van der Waals surface area (Å²) in [6.07, 6.45) is 4.31. The summed E-state index contributed by atoms with van der Waals surface area (Å²) in [4.78, 5) is 0. The minimum atomic E-state index is 0.518. The lowest BCUT2D eigenvalue weighted by atomic mass is 10.0. The average molecular weight is 269 g/mol. The highest BCUT2D eigenvalue weighted by molar-refractivity contribution is 6.23. The Bertz CT molecular complexity index is 565. The molecule has 0 spiro atoms. The van der Waals surface area contributed by atoms with E-state index in [0.717, 1.165) is 5.57 Å². The van der Waals surface area contributed by atoms with Crippen LogP contribution in [0.4, 0.5) is 0 Å². The van der Waals surface area contributed by atoms with Crippen molar-refractivity contribution in [1.29, 1.82) is 0 Å². The zero-order valence-electron chi connectivity index (χ0n) is 11.0. The predicted octanol–water partition coefficient (Wildman–Crippen LogP) is 5.41. The fraction of sp³-hybridized carbons (Fsp3) is 0.111. The first-order valence-corrected chi connectivity index (χ1v) is 6.88. The van der Waals surface area contributed by atoms with E-state index in [0.29, 0.717) is 5.88 Å². The first kappa shape index (κ1) is 13.6. The molecule has 2 aromatic carbocycles. The molecule has 0 radical (unpaired) electrons. The Morgan fingerprint density at radius 1 is 0.947 bits per heavy atom. The summed E-state index contributed by atoms with van der Waals surface area (Å²) >= 11 is 6.05. The lowest BCUT2D eigenvalue weighted by Crippen LogP contribution is -1.86. The van der Waals surface area contributed by atoms with E-state index >= 15 is 0 Å². The van der Waals surface area contributed by atoms with Crippen LogP contribution in [0.15, 0.2) is 72.3 Å². The standard InChI is InChI=1S/C18H17Cl/c1-15(12-16-8-4-2-5-9-16)13-18(14-19)17-10-6-3-7-11-17/h2-13H,14H2,1H3. The third-order valence-electron chi connectivity index (χ3n) is 2.88. The molecule has 0 unspecified atom stereocenters. The molecule has 2 aromatic rings. The Hall–Kier alpha value is -1.79. The number of benzene rings is 2. The zero-order valence-corrected chi connectivity index (χ0v) is 11.8. The third kappa shape index (κ3) is 4.11. The van der Waals surface area contributed by atoms with Crippen LogP contribution in [0.2, 0.25) is 0 Å². The smallest absolute Gasteiger partial charge is 0.0480 e. The van der Waals surface area contributed by atoms with Crippen molar-refractivity contribution < 1.29 is 0 Å². The Balaban J connectivity index is 2.26. The summed E-state index contributed by atoms with van der Waals surface area (Å²) in [6.45, 7) is 2.10. The van der Waals surface area contributed by atoms with Gasteiger partial charge < -0.3 is 0 Å². The van der Waals surface area contributed by atoms with Gasteiger partial charge in [-0.25, -0.2) is 0 Å². The first-order valence-electron chi connectivity index (χ1n) is 6.35. The highest BCUT2D eigenvalue weighted by atomic mass is 35.5. The monoisotopic (exact) mass is 268 g/mol. The van der Waals surface area contributed by atoms with Crippen LogP contribution < -0.4 is 0 Å². The molecular weight excluding hydrogens is 252 g/mol. The van der Waals surface area contributed by atoms with Gasteiger partial charge in [-0.15, -0.1) is 11.6 Å². The Morgan fingerprint density at radius 3 is 2.11 bits per heavy atom. The number of hydrogen-bond donors (Lipinski definition) is 0. The fourth-order valence-electron chi connectivity index (χ4n) is 1.98. The maximum atomic E-state index is 6.05. The second-order valence-corrected chi connectivity index (χ2v) is 4.74. The van der Waals surface area contributed by atoms with E-state index < -0.39 is 0 Å². The molecule has 0 aliphatic heterocycles. The number of allylic oxidation sites excluding steroid dienone is 3. The van der Waals surface area contributed by atoms with Gasteiger partial charge in [-0.1, -0.05) is 78.4 Å². The van der Waals surface area contributed by atoms with Crippen LogP contribution in [-0.4, -0.2) is 5.88 Å². The van der Waals surface area contributed by atoms with Gasteiger partial charge in [0, 0.05) is 5.88 Å². The van der Waals surface area contributed by atoms with Crippen molar-refractivity contribution in [3.8, 4) is 0 Å². The van der Waals surface area contributed by atoms with Gasteiger partial charge in [0.05, 0.1) is 0 Å². The number of halogens is 1. The summed E-state index contributed by atoms with van der Waals surface area (Å²) in [5.41, 5.74) is 4.73. The molecule has 1 heteroatoms. The van der Waals surface area contributed by atoms with Crippen molar-refractivity contribution in [2.75, 3.05) is 5.88 Å². The van der Waals surface area contributed by atoms with E-state index in [9.17, 15) is 0 Å². The van der Waals surface area contributed by atoms with E-state index in [1.807, 2.05) is 36.4 Å². The van der Waals surface area contributed by atoms with E-state index in [2.05, 4.69) is 43.3 Å². The van der Waals surface area contributed by atoms with Crippen LogP contribution in [0.25, 0.3) is 11.6 Å². The lowest BCUT2D eigenvalue weighted by molar-refractivity contribution is 1.50. The number of hydrogen-bond acceptors (Lipinski definition) is 0. The molecule has 96 valence electrons. The molecule has 19 heavy (non-hydrogen) atoms. The minimum Gasteiger partial charge on any atom is -0.122 e. The summed E-state index contributed by atoms with van der Waals surface area (Å²) in [5.74, 6) is 0.518. The topological polar surface area (TPSA) is 0 Å². The summed E-state index contributed by atoms with van der Waals surface area (Å²) in [6, 6.07) is 20.6. The van der Waals surface area contributed by atoms with Crippen LogP contribution in [0.3, 0.4) is 0 Å². The molecule has 0 saturated carbocycles. The first-order chi connectivity index (χ1) is 9.29. The molecule has 0 atom stereocenters. The lowest BCUT2D eigenvalue weighted by Gasteiger charge is -2.04. The second kappa shape index (κ2) is 6.96. The van der Waals surface area contributed by atoms with Crippen molar-refractivity contribution >= 4 is 23.3 Å². The number of rotatable bonds is 4. The third-order valence-corrected chi connectivity index (χ3v) is 3.17. The van der Waals surface area contributed by atoms with E-state index in [1.54, 1.807) is 0 Å². The summed E-state index contributed by atoms with van der Waals surface area (Å²) < 4.78 is 0. The normalized spacial score (nSPS) is 12.5. The highest BCUT2D eigenvalue weighted by Crippen LogP contribution is 2.19. The van der Waals surface area contributed by atoms with Gasteiger partial charge in [0.15, 0.2) is 0 Å². The molecule has 0 bridgehead atoms. The van der Waals surface area contributed by atoms with Crippen LogP contribution in [-0.2, 0) is 0 Å². The molecule has 0 fully saturated rings. The van der Waals surface area contributed by atoms with Gasteiger partial charge in [0.1, 0.15) is 0 Å². The van der Waals surface area contributed by atoms with E-state index in [-0.39, 0.29) is 0 Å². The molecule has 0 heterocycles. The maximum absolute atomic E-state index is 6.05. The van der Waals surface area contributed by atoms with Crippen LogP contribution in [0, 0.1) is 0 Å². The molecule has 0 aliphatic rings. The van der Waals surface area contributed by atoms with Gasteiger partial charge >= 0.3 is 0 Å². The average Bonchev–Trinajstić information content (AvgIpc) is 2.47. The van der Waals surface area contributed by atoms with Crippen molar-refractivity contribution in [3.05, 3.63) is 83.4 Å². The molecule has 0 nitrogen and oxygen atoms in total. The molecule has 2 rings (SSSR count). The Morgan fingerprint density at radius 2 is 1.53 bits per heavy atom. The van der Waals surface area contributed by atoms with Crippen molar-refractivity contribution in [2.45, 2.75) is 6.92 Å². The molecule has 0 aromatic heterocycles. The molecular formula is C18H17Cl. The fourth-order valence-corrected chi connectivity index (χ4v) is 2.21. The molecule has 0 saturated heterocycles. The van der Waals surface area contributed by atoms with Gasteiger partial charge in [0.25, 0.3) is 0 Å². The Labute approximate surface area is 120 Å². The van der Waals surface area contributed by atoms with Crippen LogP contribution in [0.5, 0.6) is 0 Å². The largest absolute Gasteiger partial charge is 0.122 e. The van der Waals surface area contributed by atoms with Crippen molar-refractivity contribution in [2.24, 2.45) is 0 Å². The minimum absolute atomic E-state index is 0.518. The van der Waals surface area contributed by atoms with Crippen molar-refractivity contribution in [3.63, 3.8) is 0 Å². The predicted molar refractivity (Wildman–Crippen MR) is 85.2 cm³/mol. The van der Waals surface area contributed by atoms with Crippen LogP contribution in [0.1, 0.15) is 18.1 Å². The molecule has 0 aliphatic carbocycles. The SMILES string of the molecule is CC(=Cc1ccccc1)C=C(CCl)c1ccccc1. The van der Waals surface area contributed by atoms with Gasteiger partial charge in [-0.05, 0) is 23.6 Å². The molecule has 0 N–H and O–H groups in total. The molecule has 0 amide bonds. The Kier molecular flexibility index (Phi) is 5.00. The maximum Gasteiger partial charge on any atom is 0.0480 e. The quantitative estimate of drug-likeness (QED) is 0.514. The van der Waals surface area contributed by atoms with E-state index in [1.165, 1.54) is 16.7 Å². The summed E-state index contributed by atoms with van der Waals surface area (Å²) in [5, 5.41) is 0. The van der Waals surface area contributed by atoms with Gasteiger partial charge in [-0.2, -0.15) is 0 Å². The highest BCUT2D eigenvalue weighted by Gasteiger charge is 1.99. The van der Waals surface area contributed by atoms with Crippen molar-refractivity contribution in [1.82, 2.24) is 0 Å². The summed E-state index contributed by atoms with van der Waals surface area (Å²) in [7, 11) is 0. The zero-order chi connectivity index (χ0) is 13.5. The van der Waals surface area contributed by atoms with Gasteiger partial charge in [0.2, 0.25) is 0 Å².